The highest BCUT2D eigenvalue weighted by molar-refractivity contribution is 7.90. The first kappa shape index (κ1) is 17.9. The third-order valence-corrected chi connectivity index (χ3v) is 6.24. The van der Waals surface area contributed by atoms with E-state index in [1.165, 1.54) is 18.6 Å². The van der Waals surface area contributed by atoms with Crippen LogP contribution in [0.2, 0.25) is 0 Å². The van der Waals surface area contributed by atoms with Crippen molar-refractivity contribution in [2.45, 2.75) is 24.2 Å². The van der Waals surface area contributed by atoms with E-state index < -0.39 is 16.1 Å². The van der Waals surface area contributed by atoms with Gasteiger partial charge in [0.25, 0.3) is 10.0 Å². The lowest BCUT2D eigenvalue weighted by Gasteiger charge is -2.25. The summed E-state index contributed by atoms with van der Waals surface area (Å²) in [6.07, 6.45) is 2.23. The van der Waals surface area contributed by atoms with Crippen LogP contribution >= 0.6 is 0 Å². The monoisotopic (exact) mass is 365 g/mol. The number of sulfonamides is 1. The Morgan fingerprint density at radius 1 is 1.28 bits per heavy atom. The lowest BCUT2D eigenvalue weighted by Crippen LogP contribution is -2.34. The van der Waals surface area contributed by atoms with E-state index in [-0.39, 0.29) is 10.8 Å². The molecule has 1 aromatic carbocycles. The number of nitrogens with zero attached hydrogens (tertiary/aromatic N) is 2. The molecule has 7 nitrogen and oxygen atoms in total. The maximum absolute atomic E-state index is 12.1. The molecule has 0 aromatic heterocycles. The quantitative estimate of drug-likeness (QED) is 0.637. The molecule has 1 aromatic rings. The molecule has 0 saturated heterocycles. The summed E-state index contributed by atoms with van der Waals surface area (Å²) >= 11 is 0. The number of hydrogen-bond donors (Lipinski definition) is 1. The van der Waals surface area contributed by atoms with Gasteiger partial charge in [0.1, 0.15) is 0 Å². The Balaban J connectivity index is 1.66. The van der Waals surface area contributed by atoms with Crippen molar-refractivity contribution < 1.29 is 18.0 Å². The van der Waals surface area contributed by atoms with E-state index in [0.717, 1.165) is 25.1 Å². The Morgan fingerprint density at radius 3 is 2.68 bits per heavy atom. The van der Waals surface area contributed by atoms with E-state index >= 15 is 0 Å². The van der Waals surface area contributed by atoms with E-state index in [9.17, 15) is 13.2 Å². The molecule has 2 aliphatic rings. The van der Waals surface area contributed by atoms with Gasteiger partial charge in [-0.1, -0.05) is 23.4 Å². The van der Waals surface area contributed by atoms with Gasteiger partial charge in [-0.2, -0.15) is 0 Å². The number of nitrogens with one attached hydrogen (secondary N) is 1. The molecule has 3 unspecified atom stereocenters. The summed E-state index contributed by atoms with van der Waals surface area (Å²) in [5.41, 5.74) is 0.886. The van der Waals surface area contributed by atoms with Crippen molar-refractivity contribution in [1.29, 1.82) is 0 Å². The maximum Gasteiger partial charge on any atom is 0.447 e. The highest BCUT2D eigenvalue weighted by atomic mass is 32.2. The number of benzene rings is 1. The third kappa shape index (κ3) is 4.01. The van der Waals surface area contributed by atoms with Crippen LogP contribution in [-0.4, -0.2) is 45.8 Å². The summed E-state index contributed by atoms with van der Waals surface area (Å²) in [7, 11) is 0.0571. The Kier molecular flexibility index (Phi) is 5.10. The zero-order chi connectivity index (χ0) is 18.0. The van der Waals surface area contributed by atoms with Crippen LogP contribution in [0.15, 0.2) is 40.4 Å². The van der Waals surface area contributed by atoms with Crippen LogP contribution in [0.4, 0.5) is 4.79 Å². The van der Waals surface area contributed by atoms with Gasteiger partial charge in [-0.25, -0.2) is 17.9 Å². The van der Waals surface area contributed by atoms with Crippen LogP contribution in [0.1, 0.15) is 19.3 Å². The van der Waals surface area contributed by atoms with Crippen LogP contribution in [-0.2, 0) is 14.9 Å². The van der Waals surface area contributed by atoms with Crippen LogP contribution in [0, 0.1) is 17.8 Å². The summed E-state index contributed by atoms with van der Waals surface area (Å²) in [6.45, 7) is 0.854. The fourth-order valence-corrected chi connectivity index (χ4v) is 4.74. The lowest BCUT2D eigenvalue weighted by atomic mass is 9.87. The molecule has 2 bridgehead atoms. The molecule has 2 saturated carbocycles. The summed E-state index contributed by atoms with van der Waals surface area (Å²) in [5, 5.41) is 4.03. The SMILES string of the molecule is CN(C)CC1/C(=N/OC(=O)NS(=O)(=O)c2ccccc2)C2CCC1C2. The Labute approximate surface area is 148 Å². The number of rotatable bonds is 5. The normalized spacial score (nSPS) is 27.0. The predicted octanol–water partition coefficient (Wildman–Crippen LogP) is 2.07. The molecule has 25 heavy (non-hydrogen) atoms. The van der Waals surface area contributed by atoms with Crippen molar-refractivity contribution in [3.63, 3.8) is 0 Å². The number of oxime groups is 1. The molecule has 3 rings (SSSR count). The molecule has 0 radical (unpaired) electrons. The van der Waals surface area contributed by atoms with Crippen molar-refractivity contribution in [2.24, 2.45) is 22.9 Å². The third-order valence-electron chi connectivity index (χ3n) is 4.91. The van der Waals surface area contributed by atoms with Crippen LogP contribution in [0.3, 0.4) is 0 Å². The zero-order valence-corrected chi connectivity index (χ0v) is 15.2. The minimum Gasteiger partial charge on any atom is -0.309 e. The minimum atomic E-state index is -3.95. The molecule has 3 atom stereocenters. The molecule has 0 heterocycles. The highest BCUT2D eigenvalue weighted by Crippen LogP contribution is 2.46. The number of hydrogen-bond acceptors (Lipinski definition) is 6. The first-order valence-corrected chi connectivity index (χ1v) is 9.86. The second kappa shape index (κ2) is 7.13. The molecule has 1 amide bonds. The molecule has 2 fully saturated rings. The average Bonchev–Trinajstić information content (AvgIpc) is 3.15. The number of carbonyl (C=O) groups is 1. The molecule has 0 aliphatic heterocycles. The van der Waals surface area contributed by atoms with E-state index in [1.807, 2.05) is 18.8 Å². The van der Waals surface area contributed by atoms with Gasteiger partial charge in [0.15, 0.2) is 0 Å². The smallest absolute Gasteiger partial charge is 0.309 e. The number of fused-ring (bicyclic) bond motifs is 2. The summed E-state index contributed by atoms with van der Waals surface area (Å²) in [4.78, 5) is 18.9. The molecule has 8 heteroatoms. The van der Waals surface area contributed by atoms with Gasteiger partial charge in [-0.05, 0) is 51.4 Å². The van der Waals surface area contributed by atoms with Crippen molar-refractivity contribution >= 4 is 21.8 Å². The van der Waals surface area contributed by atoms with Gasteiger partial charge in [0.2, 0.25) is 0 Å². The van der Waals surface area contributed by atoms with E-state index in [2.05, 4.69) is 10.1 Å². The fourth-order valence-electron chi connectivity index (χ4n) is 3.85. The lowest BCUT2D eigenvalue weighted by molar-refractivity contribution is 0.155. The minimum absolute atomic E-state index is 0.00464. The highest BCUT2D eigenvalue weighted by Gasteiger charge is 2.45. The maximum atomic E-state index is 12.1. The van der Waals surface area contributed by atoms with Crippen molar-refractivity contribution in [3.8, 4) is 0 Å². The van der Waals surface area contributed by atoms with Gasteiger partial charge in [-0.15, -0.1) is 0 Å². The van der Waals surface area contributed by atoms with Crippen LogP contribution in [0.5, 0.6) is 0 Å². The Morgan fingerprint density at radius 2 is 2.00 bits per heavy atom. The first-order valence-electron chi connectivity index (χ1n) is 8.38. The van der Waals surface area contributed by atoms with Gasteiger partial charge >= 0.3 is 6.09 Å². The summed E-state index contributed by atoms with van der Waals surface area (Å²) in [5.74, 6) is 1.19. The van der Waals surface area contributed by atoms with E-state index in [4.69, 9.17) is 4.84 Å². The molecule has 136 valence electrons. The number of amides is 1. The van der Waals surface area contributed by atoms with Crippen LogP contribution < -0.4 is 4.72 Å². The predicted molar refractivity (Wildman–Crippen MR) is 93.6 cm³/mol. The topological polar surface area (TPSA) is 88.1 Å². The van der Waals surface area contributed by atoms with E-state index in [0.29, 0.717) is 11.8 Å². The van der Waals surface area contributed by atoms with Gasteiger partial charge < -0.3 is 4.90 Å². The average molecular weight is 365 g/mol. The van der Waals surface area contributed by atoms with Crippen LogP contribution in [0.25, 0.3) is 0 Å². The largest absolute Gasteiger partial charge is 0.447 e. The van der Waals surface area contributed by atoms with E-state index in [1.54, 1.807) is 18.2 Å². The molecular weight excluding hydrogens is 342 g/mol. The van der Waals surface area contributed by atoms with Gasteiger partial charge in [-0.3, -0.25) is 4.84 Å². The Bertz CT molecular complexity index is 761. The number of carbonyl (C=O) groups excluding carboxylic acids is 1. The van der Waals surface area contributed by atoms with Crippen molar-refractivity contribution in [2.75, 3.05) is 20.6 Å². The second-order valence-electron chi connectivity index (χ2n) is 6.95. The van der Waals surface area contributed by atoms with Crippen molar-refractivity contribution in [1.82, 2.24) is 9.62 Å². The fraction of sp³-hybridized carbons (Fsp3) is 0.529. The zero-order valence-electron chi connectivity index (χ0n) is 14.4. The molecular formula is C17H23N3O4S. The molecule has 0 spiro atoms. The van der Waals surface area contributed by atoms with Crippen molar-refractivity contribution in [3.05, 3.63) is 30.3 Å². The summed E-state index contributed by atoms with van der Waals surface area (Å²) in [6, 6.07) is 7.68. The first-order chi connectivity index (χ1) is 11.9. The summed E-state index contributed by atoms with van der Waals surface area (Å²) < 4.78 is 26.1. The molecule has 1 N–H and O–H groups in total. The van der Waals surface area contributed by atoms with Gasteiger partial charge in [0, 0.05) is 18.4 Å². The van der Waals surface area contributed by atoms with Gasteiger partial charge in [0.05, 0.1) is 10.6 Å². The second-order valence-corrected chi connectivity index (χ2v) is 8.63. The Hall–Kier alpha value is -1.93. The standard InChI is InChI=1S/C17H23N3O4S/c1-20(2)11-15-12-8-9-13(10-12)16(15)18-24-17(21)19-25(22,23)14-6-4-3-5-7-14/h3-7,12-13,15H,8-11H2,1-2H3,(H,19,21)/b18-16+. The molecule has 2 aliphatic carbocycles.